The molecule has 0 bridgehead atoms. The van der Waals surface area contributed by atoms with Crippen LogP contribution in [0.1, 0.15) is 43.2 Å². The summed E-state index contributed by atoms with van der Waals surface area (Å²) in [7, 11) is 0. The number of rotatable bonds is 8. The molecule has 31 heavy (non-hydrogen) atoms. The van der Waals surface area contributed by atoms with E-state index in [1.807, 2.05) is 42.5 Å². The molecule has 0 fully saturated rings. The third kappa shape index (κ3) is 5.25. The Morgan fingerprint density at radius 1 is 1.03 bits per heavy atom. The molecule has 0 radical (unpaired) electrons. The van der Waals surface area contributed by atoms with Crippen molar-refractivity contribution in [3.05, 3.63) is 77.8 Å². The number of aromatic nitrogens is 4. The predicted octanol–water partition coefficient (Wildman–Crippen LogP) is 4.50. The van der Waals surface area contributed by atoms with Crippen LogP contribution in [0.4, 0.5) is 0 Å². The van der Waals surface area contributed by atoms with Crippen LogP contribution in [0.2, 0.25) is 0 Å². The number of hydrogen-bond donors (Lipinski definition) is 2. The molecule has 1 amide bonds. The molecule has 0 saturated heterocycles. The summed E-state index contributed by atoms with van der Waals surface area (Å²) in [6.07, 6.45) is 2.42. The Bertz CT molecular complexity index is 1110. The zero-order chi connectivity index (χ0) is 21.6. The van der Waals surface area contributed by atoms with E-state index in [2.05, 4.69) is 51.6 Å². The maximum Gasteiger partial charge on any atom is 0.227 e. The smallest absolute Gasteiger partial charge is 0.227 e. The molecule has 0 aliphatic carbocycles. The third-order valence-corrected chi connectivity index (χ3v) is 5.12. The molecule has 0 aliphatic heterocycles. The minimum atomic E-state index is -0.0568. The van der Waals surface area contributed by atoms with E-state index < -0.39 is 0 Å². The van der Waals surface area contributed by atoms with Gasteiger partial charge in [0.05, 0.1) is 5.69 Å². The molecule has 0 atom stereocenters. The summed E-state index contributed by atoms with van der Waals surface area (Å²) in [5, 5.41) is 13.9. The highest BCUT2D eigenvalue weighted by atomic mass is 16.5. The van der Waals surface area contributed by atoms with Crippen molar-refractivity contribution in [3.8, 4) is 22.6 Å². The standard InChI is InChI=1S/C24H25N5O2/c1-16(2)18-7-9-20(10-8-18)24-27-23(31-29-24)12-11-22(30)25-15-17-3-5-19(6-4-17)21-13-14-26-28-21/h3-10,13-14,16H,11-12,15H2,1-2H3,(H,25,30)(H,26,28). The van der Waals surface area contributed by atoms with Crippen LogP contribution in [-0.4, -0.2) is 26.2 Å². The second-order valence-corrected chi connectivity index (χ2v) is 7.73. The predicted molar refractivity (Wildman–Crippen MR) is 118 cm³/mol. The Balaban J connectivity index is 1.25. The molecule has 7 heteroatoms. The summed E-state index contributed by atoms with van der Waals surface area (Å²) >= 11 is 0. The number of aryl methyl sites for hydroxylation is 1. The van der Waals surface area contributed by atoms with E-state index in [0.29, 0.717) is 37.0 Å². The molecule has 0 saturated carbocycles. The first-order valence-electron chi connectivity index (χ1n) is 10.4. The van der Waals surface area contributed by atoms with Gasteiger partial charge in [0, 0.05) is 31.1 Å². The molecule has 2 heterocycles. The Hall–Kier alpha value is -3.74. The first-order valence-corrected chi connectivity index (χ1v) is 10.4. The highest BCUT2D eigenvalue weighted by Gasteiger charge is 2.11. The van der Waals surface area contributed by atoms with Gasteiger partial charge < -0.3 is 9.84 Å². The number of carbonyl (C=O) groups excluding carboxylic acids is 1. The minimum absolute atomic E-state index is 0.0568. The Morgan fingerprint density at radius 3 is 2.45 bits per heavy atom. The van der Waals surface area contributed by atoms with Crippen LogP contribution in [0.25, 0.3) is 22.6 Å². The topological polar surface area (TPSA) is 96.7 Å². The van der Waals surface area contributed by atoms with Gasteiger partial charge in [0.2, 0.25) is 17.6 Å². The molecule has 0 spiro atoms. The molecule has 2 N–H and O–H groups in total. The van der Waals surface area contributed by atoms with Crippen LogP contribution >= 0.6 is 0 Å². The number of nitrogens with zero attached hydrogens (tertiary/aromatic N) is 3. The van der Waals surface area contributed by atoms with E-state index in [9.17, 15) is 4.79 Å². The Morgan fingerprint density at radius 2 is 1.77 bits per heavy atom. The third-order valence-electron chi connectivity index (χ3n) is 5.12. The molecule has 7 nitrogen and oxygen atoms in total. The van der Waals surface area contributed by atoms with Gasteiger partial charge in [0.25, 0.3) is 0 Å². The van der Waals surface area contributed by atoms with Gasteiger partial charge in [-0.1, -0.05) is 67.5 Å². The SMILES string of the molecule is CC(C)c1ccc(-c2noc(CCC(=O)NCc3ccc(-c4ccn[nH]4)cc3)n2)cc1. The van der Waals surface area contributed by atoms with Crippen LogP contribution in [-0.2, 0) is 17.8 Å². The zero-order valence-corrected chi connectivity index (χ0v) is 17.6. The summed E-state index contributed by atoms with van der Waals surface area (Å²) in [5.74, 6) is 1.42. The highest BCUT2D eigenvalue weighted by molar-refractivity contribution is 5.76. The van der Waals surface area contributed by atoms with Gasteiger partial charge in [-0.05, 0) is 28.7 Å². The average molecular weight is 415 g/mol. The van der Waals surface area contributed by atoms with Crippen LogP contribution in [0.5, 0.6) is 0 Å². The quantitative estimate of drug-likeness (QED) is 0.442. The van der Waals surface area contributed by atoms with Crippen molar-refractivity contribution in [2.45, 2.75) is 39.2 Å². The number of hydrogen-bond acceptors (Lipinski definition) is 5. The fourth-order valence-corrected chi connectivity index (χ4v) is 3.22. The maximum absolute atomic E-state index is 12.2. The number of benzene rings is 2. The molecule has 2 aromatic heterocycles. The van der Waals surface area contributed by atoms with Crippen LogP contribution in [0.3, 0.4) is 0 Å². The van der Waals surface area contributed by atoms with Crippen molar-refractivity contribution in [2.24, 2.45) is 0 Å². The molecule has 4 aromatic rings. The van der Waals surface area contributed by atoms with Crippen LogP contribution < -0.4 is 5.32 Å². The van der Waals surface area contributed by atoms with Crippen molar-refractivity contribution in [1.29, 1.82) is 0 Å². The largest absolute Gasteiger partial charge is 0.352 e. The monoisotopic (exact) mass is 415 g/mol. The van der Waals surface area contributed by atoms with Crippen molar-refractivity contribution >= 4 is 5.91 Å². The van der Waals surface area contributed by atoms with Gasteiger partial charge in [0.15, 0.2) is 0 Å². The highest BCUT2D eigenvalue weighted by Crippen LogP contribution is 2.21. The van der Waals surface area contributed by atoms with E-state index in [-0.39, 0.29) is 5.91 Å². The lowest BCUT2D eigenvalue weighted by Crippen LogP contribution is -2.23. The van der Waals surface area contributed by atoms with Gasteiger partial charge >= 0.3 is 0 Å². The first-order chi connectivity index (χ1) is 15.1. The average Bonchev–Trinajstić information content (AvgIpc) is 3.49. The molecular weight excluding hydrogens is 390 g/mol. The molecule has 4 rings (SSSR count). The summed E-state index contributed by atoms with van der Waals surface area (Å²) in [5.41, 5.74) is 5.22. The number of nitrogens with one attached hydrogen (secondary N) is 2. The van der Waals surface area contributed by atoms with E-state index in [1.54, 1.807) is 6.20 Å². The van der Waals surface area contributed by atoms with Gasteiger partial charge in [-0.25, -0.2) is 0 Å². The lowest BCUT2D eigenvalue weighted by Gasteiger charge is -2.05. The number of carbonyl (C=O) groups is 1. The second kappa shape index (κ2) is 9.38. The summed E-state index contributed by atoms with van der Waals surface area (Å²) in [6.45, 7) is 4.78. The lowest BCUT2D eigenvalue weighted by molar-refractivity contribution is -0.121. The fourth-order valence-electron chi connectivity index (χ4n) is 3.22. The van der Waals surface area contributed by atoms with E-state index in [0.717, 1.165) is 22.4 Å². The normalized spacial score (nSPS) is 11.1. The van der Waals surface area contributed by atoms with E-state index in [4.69, 9.17) is 4.52 Å². The molecular formula is C24H25N5O2. The molecule has 0 unspecified atom stereocenters. The summed E-state index contributed by atoms with van der Waals surface area (Å²) in [6, 6.07) is 18.0. The van der Waals surface area contributed by atoms with Gasteiger partial charge in [-0.3, -0.25) is 9.89 Å². The van der Waals surface area contributed by atoms with Gasteiger partial charge in [-0.2, -0.15) is 10.1 Å². The molecule has 2 aromatic carbocycles. The lowest BCUT2D eigenvalue weighted by atomic mass is 10.0. The van der Waals surface area contributed by atoms with E-state index in [1.165, 1.54) is 5.56 Å². The molecule has 0 aliphatic rings. The fraction of sp³-hybridized carbons (Fsp3) is 0.250. The van der Waals surface area contributed by atoms with Crippen molar-refractivity contribution in [1.82, 2.24) is 25.7 Å². The number of amides is 1. The van der Waals surface area contributed by atoms with Crippen LogP contribution in [0.15, 0.2) is 65.3 Å². The molecule has 158 valence electrons. The zero-order valence-electron chi connectivity index (χ0n) is 17.6. The summed E-state index contributed by atoms with van der Waals surface area (Å²) in [4.78, 5) is 16.6. The Labute approximate surface area is 180 Å². The maximum atomic E-state index is 12.2. The minimum Gasteiger partial charge on any atom is -0.352 e. The van der Waals surface area contributed by atoms with Gasteiger partial charge in [0.1, 0.15) is 0 Å². The van der Waals surface area contributed by atoms with Crippen molar-refractivity contribution < 1.29 is 9.32 Å². The Kier molecular flexibility index (Phi) is 6.21. The van der Waals surface area contributed by atoms with Crippen molar-refractivity contribution in [2.75, 3.05) is 0 Å². The summed E-state index contributed by atoms with van der Waals surface area (Å²) < 4.78 is 5.31. The first kappa shape index (κ1) is 20.5. The number of H-pyrrole nitrogens is 1. The van der Waals surface area contributed by atoms with Gasteiger partial charge in [-0.15, -0.1) is 0 Å². The van der Waals surface area contributed by atoms with Crippen LogP contribution in [0, 0.1) is 0 Å². The second-order valence-electron chi connectivity index (χ2n) is 7.73. The van der Waals surface area contributed by atoms with E-state index >= 15 is 0 Å². The van der Waals surface area contributed by atoms with Crippen molar-refractivity contribution in [3.63, 3.8) is 0 Å². The number of aromatic amines is 1.